The molecule has 9 heteroatoms. The molecule has 30 heavy (non-hydrogen) atoms. The molecule has 0 saturated carbocycles. The lowest BCUT2D eigenvalue weighted by molar-refractivity contribution is -0.116. The smallest absolute Gasteiger partial charge is 0.244 e. The molecule has 1 N–H and O–H groups in total. The standard InChI is InChI=1S/C21H23Cl2N3O3S/c1-25-10-12-26(13-11-25)30(28,29)19-7-2-16(3-8-19)15-24-21(27)9-5-17-4-6-18(22)14-20(17)23/h2-9,14H,10-13,15H2,1H3,(H,24,27)/b9-5+. The molecule has 0 spiro atoms. The topological polar surface area (TPSA) is 69.7 Å². The molecule has 2 aromatic rings. The number of carbonyl (C=O) groups is 1. The van der Waals surface area contributed by atoms with Crippen LogP contribution in [-0.2, 0) is 21.4 Å². The molecule has 2 aromatic carbocycles. The summed E-state index contributed by atoms with van der Waals surface area (Å²) in [5.74, 6) is -0.282. The molecule has 3 rings (SSSR count). The van der Waals surface area contributed by atoms with Gasteiger partial charge in [-0.1, -0.05) is 41.4 Å². The number of likely N-dealkylation sites (N-methyl/N-ethyl adjacent to an activating group) is 1. The maximum atomic E-state index is 12.7. The quantitative estimate of drug-likeness (QED) is 0.661. The van der Waals surface area contributed by atoms with E-state index in [0.717, 1.165) is 18.7 Å². The van der Waals surface area contributed by atoms with Gasteiger partial charge in [-0.3, -0.25) is 4.79 Å². The fourth-order valence-corrected chi connectivity index (χ4v) is 4.90. The normalized spacial score (nSPS) is 16.1. The molecular weight excluding hydrogens is 445 g/mol. The van der Waals surface area contributed by atoms with E-state index in [2.05, 4.69) is 10.2 Å². The molecule has 1 saturated heterocycles. The number of piperazine rings is 1. The Hall–Kier alpha value is -1.90. The summed E-state index contributed by atoms with van der Waals surface area (Å²) in [6, 6.07) is 11.6. The van der Waals surface area contributed by atoms with E-state index in [-0.39, 0.29) is 17.3 Å². The number of nitrogens with zero attached hydrogens (tertiary/aromatic N) is 2. The van der Waals surface area contributed by atoms with Crippen molar-refractivity contribution in [1.82, 2.24) is 14.5 Å². The fourth-order valence-electron chi connectivity index (χ4n) is 3.01. The van der Waals surface area contributed by atoms with Crippen molar-refractivity contribution in [2.24, 2.45) is 0 Å². The van der Waals surface area contributed by atoms with Gasteiger partial charge < -0.3 is 10.2 Å². The molecule has 0 atom stereocenters. The lowest BCUT2D eigenvalue weighted by Gasteiger charge is -2.31. The average molecular weight is 468 g/mol. The van der Waals surface area contributed by atoms with Gasteiger partial charge in [0.15, 0.2) is 0 Å². The van der Waals surface area contributed by atoms with Crippen LogP contribution in [0.1, 0.15) is 11.1 Å². The highest BCUT2D eigenvalue weighted by Gasteiger charge is 2.27. The first kappa shape index (κ1) is 22.8. The van der Waals surface area contributed by atoms with E-state index in [4.69, 9.17) is 23.2 Å². The molecule has 6 nitrogen and oxygen atoms in total. The summed E-state index contributed by atoms with van der Waals surface area (Å²) in [6.45, 7) is 2.70. The molecule has 1 aliphatic heterocycles. The van der Waals surface area contributed by atoms with Gasteiger partial charge in [-0.25, -0.2) is 8.42 Å². The van der Waals surface area contributed by atoms with Crippen molar-refractivity contribution in [2.75, 3.05) is 33.2 Å². The third-order valence-electron chi connectivity index (χ3n) is 4.87. The number of nitrogens with one attached hydrogen (secondary N) is 1. The van der Waals surface area contributed by atoms with E-state index in [0.29, 0.717) is 28.7 Å². The first-order valence-corrected chi connectivity index (χ1v) is 11.6. The highest BCUT2D eigenvalue weighted by Crippen LogP contribution is 2.22. The number of carbonyl (C=O) groups excluding carboxylic acids is 1. The summed E-state index contributed by atoms with van der Waals surface area (Å²) in [4.78, 5) is 14.4. The van der Waals surface area contributed by atoms with Crippen LogP contribution < -0.4 is 5.32 Å². The van der Waals surface area contributed by atoms with Gasteiger partial charge >= 0.3 is 0 Å². The van der Waals surface area contributed by atoms with Gasteiger partial charge in [0.1, 0.15) is 0 Å². The molecule has 1 amide bonds. The third-order valence-corrected chi connectivity index (χ3v) is 7.34. The minimum Gasteiger partial charge on any atom is -0.348 e. The fraction of sp³-hybridized carbons (Fsp3) is 0.286. The van der Waals surface area contributed by atoms with Gasteiger partial charge in [0.05, 0.1) is 4.90 Å². The number of halogens is 2. The highest BCUT2D eigenvalue weighted by atomic mass is 35.5. The Morgan fingerprint density at radius 2 is 1.73 bits per heavy atom. The van der Waals surface area contributed by atoms with E-state index >= 15 is 0 Å². The van der Waals surface area contributed by atoms with E-state index in [9.17, 15) is 13.2 Å². The number of benzene rings is 2. The van der Waals surface area contributed by atoms with Gasteiger partial charge in [0.2, 0.25) is 15.9 Å². The van der Waals surface area contributed by atoms with Crippen LogP contribution in [0.5, 0.6) is 0 Å². The Bertz CT molecular complexity index is 1030. The molecule has 0 bridgehead atoms. The molecule has 0 aromatic heterocycles. The van der Waals surface area contributed by atoms with Gasteiger partial charge in [-0.2, -0.15) is 4.31 Å². The first-order valence-electron chi connectivity index (χ1n) is 9.44. The SMILES string of the molecule is CN1CCN(S(=O)(=O)c2ccc(CNC(=O)/C=C/c3ccc(Cl)cc3Cl)cc2)CC1. The lowest BCUT2D eigenvalue weighted by Crippen LogP contribution is -2.46. The van der Waals surface area contributed by atoms with Crippen molar-refractivity contribution in [2.45, 2.75) is 11.4 Å². The summed E-state index contributed by atoms with van der Waals surface area (Å²) in [7, 11) is -1.52. The third kappa shape index (κ3) is 5.83. The van der Waals surface area contributed by atoms with Gasteiger partial charge in [-0.05, 0) is 48.5 Å². The summed E-state index contributed by atoms with van der Waals surface area (Å²) >= 11 is 11.9. The minimum absolute atomic E-state index is 0.263. The number of hydrogen-bond donors (Lipinski definition) is 1. The second-order valence-corrected chi connectivity index (χ2v) is 9.85. The van der Waals surface area contributed by atoms with Crippen LogP contribution in [0, 0.1) is 0 Å². The number of sulfonamides is 1. The van der Waals surface area contributed by atoms with Crippen molar-refractivity contribution in [3.8, 4) is 0 Å². The second-order valence-electron chi connectivity index (χ2n) is 7.07. The van der Waals surface area contributed by atoms with Crippen molar-refractivity contribution < 1.29 is 13.2 Å². The van der Waals surface area contributed by atoms with Crippen molar-refractivity contribution in [3.63, 3.8) is 0 Å². The number of amides is 1. The van der Waals surface area contributed by atoms with Crippen LogP contribution in [0.2, 0.25) is 10.0 Å². The average Bonchev–Trinajstić information content (AvgIpc) is 2.72. The predicted molar refractivity (Wildman–Crippen MR) is 120 cm³/mol. The molecule has 160 valence electrons. The van der Waals surface area contributed by atoms with Gasteiger partial charge in [-0.15, -0.1) is 0 Å². The molecule has 1 fully saturated rings. The molecule has 1 aliphatic rings. The Labute approximate surface area is 187 Å². The van der Waals surface area contributed by atoms with Crippen LogP contribution in [0.4, 0.5) is 0 Å². The summed E-state index contributed by atoms with van der Waals surface area (Å²) < 4.78 is 27.0. The van der Waals surface area contributed by atoms with Gasteiger partial charge in [0.25, 0.3) is 0 Å². The van der Waals surface area contributed by atoms with Crippen molar-refractivity contribution >= 4 is 45.2 Å². The Kier molecular flexibility index (Phi) is 7.55. The molecule has 0 unspecified atom stereocenters. The molecule has 0 radical (unpaired) electrons. The van der Waals surface area contributed by atoms with Crippen LogP contribution in [-0.4, -0.2) is 56.8 Å². The van der Waals surface area contributed by atoms with Crippen LogP contribution in [0.15, 0.2) is 53.4 Å². The van der Waals surface area contributed by atoms with E-state index in [1.165, 1.54) is 10.4 Å². The zero-order valence-corrected chi connectivity index (χ0v) is 18.8. The summed E-state index contributed by atoms with van der Waals surface area (Å²) in [6.07, 6.45) is 3.00. The van der Waals surface area contributed by atoms with Crippen LogP contribution >= 0.6 is 23.2 Å². The zero-order chi connectivity index (χ0) is 21.7. The Morgan fingerprint density at radius 3 is 2.37 bits per heavy atom. The first-order chi connectivity index (χ1) is 14.3. The van der Waals surface area contributed by atoms with Crippen molar-refractivity contribution in [1.29, 1.82) is 0 Å². The predicted octanol–water partition coefficient (Wildman–Crippen LogP) is 3.26. The Morgan fingerprint density at radius 1 is 1.07 bits per heavy atom. The number of hydrogen-bond acceptors (Lipinski definition) is 4. The maximum absolute atomic E-state index is 12.7. The summed E-state index contributed by atoms with van der Waals surface area (Å²) in [5, 5.41) is 3.76. The largest absolute Gasteiger partial charge is 0.348 e. The highest BCUT2D eigenvalue weighted by molar-refractivity contribution is 7.89. The lowest BCUT2D eigenvalue weighted by atomic mass is 10.2. The minimum atomic E-state index is -3.49. The number of rotatable bonds is 6. The Balaban J connectivity index is 1.56. The molecular formula is C21H23Cl2N3O3S. The monoisotopic (exact) mass is 467 g/mol. The molecule has 0 aliphatic carbocycles. The summed E-state index contributed by atoms with van der Waals surface area (Å²) in [5.41, 5.74) is 1.49. The zero-order valence-electron chi connectivity index (χ0n) is 16.5. The van der Waals surface area contributed by atoms with E-state index < -0.39 is 10.0 Å². The van der Waals surface area contributed by atoms with Crippen LogP contribution in [0.3, 0.4) is 0 Å². The van der Waals surface area contributed by atoms with E-state index in [1.54, 1.807) is 48.5 Å². The van der Waals surface area contributed by atoms with Crippen molar-refractivity contribution in [3.05, 3.63) is 69.7 Å². The second kappa shape index (κ2) is 9.94. The van der Waals surface area contributed by atoms with Gasteiger partial charge in [0, 0.05) is 48.8 Å². The maximum Gasteiger partial charge on any atom is 0.244 e. The van der Waals surface area contributed by atoms with Crippen LogP contribution in [0.25, 0.3) is 6.08 Å². The van der Waals surface area contributed by atoms with E-state index in [1.807, 2.05) is 7.05 Å². The molecule has 1 heterocycles.